The van der Waals surface area contributed by atoms with Crippen LogP contribution in [0.25, 0.3) is 0 Å². The van der Waals surface area contributed by atoms with Gasteiger partial charge in [-0.3, -0.25) is 4.90 Å². The van der Waals surface area contributed by atoms with E-state index in [0.29, 0.717) is 6.04 Å². The van der Waals surface area contributed by atoms with Crippen LogP contribution in [0.2, 0.25) is 0 Å². The molecule has 1 heterocycles. The van der Waals surface area contributed by atoms with Crippen molar-refractivity contribution in [1.82, 2.24) is 4.90 Å². The lowest BCUT2D eigenvalue weighted by molar-refractivity contribution is -0.0987. The first-order valence-electron chi connectivity index (χ1n) is 9.26. The molecule has 122 valence electrons. The second-order valence-corrected chi connectivity index (χ2v) is 9.66. The van der Waals surface area contributed by atoms with Gasteiger partial charge >= 0.3 is 0 Å². The molecule has 2 heteroatoms. The summed E-state index contributed by atoms with van der Waals surface area (Å²) in [6.07, 6.45) is 9.59. The van der Waals surface area contributed by atoms with Crippen LogP contribution in [-0.2, 0) is 0 Å². The summed E-state index contributed by atoms with van der Waals surface area (Å²) in [5, 5.41) is 0. The van der Waals surface area contributed by atoms with Crippen molar-refractivity contribution in [2.45, 2.75) is 103 Å². The molecule has 2 nitrogen and oxygen atoms in total. The van der Waals surface area contributed by atoms with E-state index in [1.165, 1.54) is 32.1 Å². The van der Waals surface area contributed by atoms with Crippen molar-refractivity contribution >= 4 is 0 Å². The van der Waals surface area contributed by atoms with Crippen LogP contribution in [0.3, 0.4) is 0 Å². The Morgan fingerprint density at radius 1 is 0.952 bits per heavy atom. The van der Waals surface area contributed by atoms with E-state index in [9.17, 15) is 0 Å². The van der Waals surface area contributed by atoms with Crippen LogP contribution in [0.15, 0.2) is 0 Å². The minimum absolute atomic E-state index is 0.250. The number of fused-ring (bicyclic) bond motifs is 1. The Bertz CT molecular complexity index is 369. The fraction of sp³-hybridized carbons (Fsp3) is 1.00. The van der Waals surface area contributed by atoms with E-state index < -0.39 is 0 Å². The minimum atomic E-state index is 0.250. The Labute approximate surface area is 131 Å². The normalized spacial score (nSPS) is 43.7. The zero-order valence-electron chi connectivity index (χ0n) is 14.9. The highest BCUT2D eigenvalue weighted by molar-refractivity contribution is 5.07. The molecule has 0 amide bonds. The summed E-state index contributed by atoms with van der Waals surface area (Å²) < 4.78 is 0. The highest BCUT2D eigenvalue weighted by atomic mass is 15.3. The number of likely N-dealkylation sites (tertiary alicyclic amines) is 1. The third-order valence-electron chi connectivity index (χ3n) is 6.71. The number of hydrogen-bond donors (Lipinski definition) is 1. The predicted molar refractivity (Wildman–Crippen MR) is 90.2 cm³/mol. The van der Waals surface area contributed by atoms with Gasteiger partial charge in [-0.2, -0.15) is 0 Å². The molecule has 2 saturated carbocycles. The number of piperidine rings is 1. The van der Waals surface area contributed by atoms with Crippen LogP contribution in [0, 0.1) is 17.8 Å². The SMILES string of the molecule is CC1CC2CCCC(N3C(C)(C)CC(N)CC3(C)C)C2C1. The summed E-state index contributed by atoms with van der Waals surface area (Å²) in [7, 11) is 0. The van der Waals surface area contributed by atoms with E-state index in [1.54, 1.807) is 0 Å². The minimum Gasteiger partial charge on any atom is -0.328 e. The van der Waals surface area contributed by atoms with E-state index in [4.69, 9.17) is 5.73 Å². The molecule has 2 N–H and O–H groups in total. The standard InChI is InChI=1S/C19H36N2/c1-13-9-14-7-6-8-17(16(14)10-13)21-18(2,3)11-15(20)12-19(21,4)5/h13-17H,6-12,20H2,1-5H3. The molecule has 21 heavy (non-hydrogen) atoms. The molecule has 3 rings (SSSR count). The van der Waals surface area contributed by atoms with E-state index >= 15 is 0 Å². The fourth-order valence-corrected chi connectivity index (χ4v) is 6.64. The van der Waals surface area contributed by atoms with Crippen molar-refractivity contribution in [3.05, 3.63) is 0 Å². The molecule has 3 fully saturated rings. The lowest BCUT2D eigenvalue weighted by Gasteiger charge is -2.60. The van der Waals surface area contributed by atoms with Gasteiger partial charge in [0.05, 0.1) is 0 Å². The van der Waals surface area contributed by atoms with E-state index in [0.717, 1.165) is 36.6 Å². The molecule has 4 atom stereocenters. The molecule has 0 aromatic carbocycles. The van der Waals surface area contributed by atoms with Gasteiger partial charge in [-0.25, -0.2) is 0 Å². The van der Waals surface area contributed by atoms with Crippen LogP contribution in [0.5, 0.6) is 0 Å². The smallest absolute Gasteiger partial charge is 0.0176 e. The average Bonchev–Trinajstić information content (AvgIpc) is 2.66. The summed E-state index contributed by atoms with van der Waals surface area (Å²) in [5.41, 5.74) is 6.88. The molecule has 0 bridgehead atoms. The quantitative estimate of drug-likeness (QED) is 0.785. The summed E-state index contributed by atoms with van der Waals surface area (Å²) in [6.45, 7) is 12.2. The van der Waals surface area contributed by atoms with Crippen LogP contribution < -0.4 is 5.73 Å². The first kappa shape index (κ1) is 15.8. The Kier molecular flexibility index (Phi) is 3.94. The maximum atomic E-state index is 6.38. The van der Waals surface area contributed by atoms with E-state index in [-0.39, 0.29) is 11.1 Å². The second-order valence-electron chi connectivity index (χ2n) is 9.66. The van der Waals surface area contributed by atoms with Gasteiger partial charge in [-0.15, -0.1) is 0 Å². The van der Waals surface area contributed by atoms with Gasteiger partial charge in [-0.1, -0.05) is 19.8 Å². The molecular weight excluding hydrogens is 256 g/mol. The predicted octanol–water partition coefficient (Wildman–Crippen LogP) is 4.18. The van der Waals surface area contributed by atoms with Crippen LogP contribution in [0.4, 0.5) is 0 Å². The monoisotopic (exact) mass is 292 g/mol. The Balaban J connectivity index is 1.89. The lowest BCUT2D eigenvalue weighted by Crippen LogP contribution is -2.68. The second kappa shape index (κ2) is 5.23. The molecule has 2 aliphatic carbocycles. The van der Waals surface area contributed by atoms with Gasteiger partial charge in [-0.05, 0) is 77.6 Å². The zero-order valence-corrected chi connectivity index (χ0v) is 14.9. The fourth-order valence-electron chi connectivity index (χ4n) is 6.64. The topological polar surface area (TPSA) is 29.3 Å². The molecule has 0 radical (unpaired) electrons. The van der Waals surface area contributed by atoms with Crippen LogP contribution in [0.1, 0.15) is 79.6 Å². The van der Waals surface area contributed by atoms with Gasteiger partial charge in [0, 0.05) is 23.2 Å². The first-order chi connectivity index (χ1) is 9.71. The average molecular weight is 293 g/mol. The van der Waals surface area contributed by atoms with Gasteiger partial charge in [0.1, 0.15) is 0 Å². The third-order valence-corrected chi connectivity index (χ3v) is 6.71. The summed E-state index contributed by atoms with van der Waals surface area (Å²) in [6, 6.07) is 1.17. The number of rotatable bonds is 1. The van der Waals surface area contributed by atoms with Crippen molar-refractivity contribution < 1.29 is 0 Å². The first-order valence-corrected chi connectivity index (χ1v) is 9.26. The molecule has 0 spiro atoms. The van der Waals surface area contributed by atoms with Gasteiger partial charge < -0.3 is 5.73 Å². The highest BCUT2D eigenvalue weighted by Gasteiger charge is 2.52. The van der Waals surface area contributed by atoms with E-state index in [2.05, 4.69) is 39.5 Å². The molecule has 0 aromatic heterocycles. The van der Waals surface area contributed by atoms with Gasteiger partial charge in [0.2, 0.25) is 0 Å². The molecule has 3 aliphatic rings. The van der Waals surface area contributed by atoms with Crippen LogP contribution in [-0.4, -0.2) is 28.1 Å². The van der Waals surface area contributed by atoms with Crippen molar-refractivity contribution in [3.63, 3.8) is 0 Å². The third kappa shape index (κ3) is 2.79. The van der Waals surface area contributed by atoms with Crippen molar-refractivity contribution in [3.8, 4) is 0 Å². The summed E-state index contributed by atoms with van der Waals surface area (Å²) >= 11 is 0. The van der Waals surface area contributed by atoms with Gasteiger partial charge in [0.25, 0.3) is 0 Å². The number of nitrogens with zero attached hydrogens (tertiary/aromatic N) is 1. The van der Waals surface area contributed by atoms with Gasteiger partial charge in [0.15, 0.2) is 0 Å². The molecular formula is C19H36N2. The largest absolute Gasteiger partial charge is 0.328 e. The molecule has 0 aromatic rings. The van der Waals surface area contributed by atoms with Crippen LogP contribution >= 0.6 is 0 Å². The Hall–Kier alpha value is -0.0800. The zero-order chi connectivity index (χ0) is 15.4. The summed E-state index contributed by atoms with van der Waals surface area (Å²) in [4.78, 5) is 2.91. The summed E-state index contributed by atoms with van der Waals surface area (Å²) in [5.74, 6) is 2.89. The maximum absolute atomic E-state index is 6.38. The number of hydrogen-bond acceptors (Lipinski definition) is 2. The van der Waals surface area contributed by atoms with Crippen molar-refractivity contribution in [1.29, 1.82) is 0 Å². The van der Waals surface area contributed by atoms with Crippen molar-refractivity contribution in [2.24, 2.45) is 23.5 Å². The Morgan fingerprint density at radius 2 is 1.57 bits per heavy atom. The maximum Gasteiger partial charge on any atom is 0.0176 e. The molecule has 4 unspecified atom stereocenters. The molecule has 1 saturated heterocycles. The molecule has 1 aliphatic heterocycles. The van der Waals surface area contributed by atoms with Crippen molar-refractivity contribution in [2.75, 3.05) is 0 Å². The number of nitrogens with two attached hydrogens (primary N) is 1. The lowest BCUT2D eigenvalue weighted by atomic mass is 9.70. The highest BCUT2D eigenvalue weighted by Crippen LogP contribution is 2.51. The van der Waals surface area contributed by atoms with E-state index in [1.807, 2.05) is 0 Å². The Morgan fingerprint density at radius 3 is 2.19 bits per heavy atom.